The van der Waals surface area contributed by atoms with E-state index in [1.165, 1.54) is 7.11 Å². The minimum Gasteiger partial charge on any atom is -0.465 e. The molecule has 21 heavy (non-hydrogen) atoms. The van der Waals surface area contributed by atoms with Crippen molar-refractivity contribution < 1.29 is 9.53 Å². The number of nitrogens with zero attached hydrogens (tertiary/aromatic N) is 3. The van der Waals surface area contributed by atoms with E-state index >= 15 is 0 Å². The highest BCUT2D eigenvalue weighted by atomic mass is 35.5. The molecular formula is C14H17ClN4O2. The average Bonchev–Trinajstić information content (AvgIpc) is 2.78. The summed E-state index contributed by atoms with van der Waals surface area (Å²) in [6.07, 6.45) is 0. The molecule has 0 aliphatic rings. The van der Waals surface area contributed by atoms with Crippen LogP contribution in [0, 0.1) is 0 Å². The number of nitrogens with two attached hydrogens (primary N) is 1. The first-order valence-electron chi connectivity index (χ1n) is 6.30. The van der Waals surface area contributed by atoms with Gasteiger partial charge in [0.15, 0.2) is 5.82 Å². The first-order valence-corrected chi connectivity index (χ1v) is 6.68. The third-order valence-corrected chi connectivity index (χ3v) is 3.28. The Morgan fingerprint density at radius 2 is 2.00 bits per heavy atom. The number of rotatable bonds is 4. The van der Waals surface area contributed by atoms with Crippen LogP contribution in [-0.2, 0) is 11.3 Å². The van der Waals surface area contributed by atoms with Crippen molar-refractivity contribution >= 4 is 29.2 Å². The molecule has 0 fully saturated rings. The number of carbonyl (C=O) groups excluding carboxylic acids is 1. The Labute approximate surface area is 128 Å². The van der Waals surface area contributed by atoms with Gasteiger partial charge in [0.05, 0.1) is 13.7 Å². The highest BCUT2D eigenvalue weighted by Gasteiger charge is 2.24. The smallest absolute Gasteiger partial charge is 0.345 e. The van der Waals surface area contributed by atoms with Crippen LogP contribution < -0.4 is 10.6 Å². The second-order valence-corrected chi connectivity index (χ2v) is 5.19. The first kappa shape index (κ1) is 15.2. The van der Waals surface area contributed by atoms with Crippen LogP contribution in [0.2, 0.25) is 5.02 Å². The van der Waals surface area contributed by atoms with Gasteiger partial charge < -0.3 is 15.4 Å². The Balaban J connectivity index is 2.40. The Hall–Kier alpha value is -2.21. The van der Waals surface area contributed by atoms with Gasteiger partial charge in [0.1, 0.15) is 11.4 Å². The van der Waals surface area contributed by atoms with E-state index in [0.29, 0.717) is 17.4 Å². The average molecular weight is 309 g/mol. The molecule has 0 unspecified atom stereocenters. The van der Waals surface area contributed by atoms with Crippen LogP contribution in [0.1, 0.15) is 15.9 Å². The van der Waals surface area contributed by atoms with Crippen LogP contribution in [0.4, 0.5) is 11.6 Å². The molecule has 6 nitrogen and oxygen atoms in total. The van der Waals surface area contributed by atoms with E-state index in [4.69, 9.17) is 22.1 Å². The van der Waals surface area contributed by atoms with Crippen LogP contribution in [-0.4, -0.2) is 37.0 Å². The van der Waals surface area contributed by atoms with Crippen molar-refractivity contribution in [1.29, 1.82) is 0 Å². The number of anilines is 2. The van der Waals surface area contributed by atoms with Gasteiger partial charge in [-0.1, -0.05) is 23.7 Å². The van der Waals surface area contributed by atoms with Crippen LogP contribution in [0.3, 0.4) is 0 Å². The van der Waals surface area contributed by atoms with Crippen molar-refractivity contribution in [2.24, 2.45) is 0 Å². The zero-order valence-corrected chi connectivity index (χ0v) is 12.9. The van der Waals surface area contributed by atoms with Gasteiger partial charge >= 0.3 is 5.97 Å². The van der Waals surface area contributed by atoms with E-state index in [-0.39, 0.29) is 11.4 Å². The van der Waals surface area contributed by atoms with E-state index in [1.807, 2.05) is 12.1 Å². The van der Waals surface area contributed by atoms with Crippen molar-refractivity contribution in [2.75, 3.05) is 31.8 Å². The number of carbonyl (C=O) groups is 1. The fourth-order valence-corrected chi connectivity index (χ4v) is 2.08. The molecule has 0 atom stereocenters. The summed E-state index contributed by atoms with van der Waals surface area (Å²) in [4.78, 5) is 13.6. The van der Waals surface area contributed by atoms with Gasteiger partial charge in [0.2, 0.25) is 0 Å². The van der Waals surface area contributed by atoms with Crippen LogP contribution >= 0.6 is 11.6 Å². The van der Waals surface area contributed by atoms with Crippen molar-refractivity contribution in [2.45, 2.75) is 6.54 Å². The quantitative estimate of drug-likeness (QED) is 0.875. The Kier molecular flexibility index (Phi) is 4.37. The first-order chi connectivity index (χ1) is 9.93. The molecule has 1 aromatic heterocycles. The molecule has 1 aromatic carbocycles. The Morgan fingerprint density at radius 3 is 2.52 bits per heavy atom. The summed E-state index contributed by atoms with van der Waals surface area (Å²) in [5.41, 5.74) is 7.30. The number of esters is 1. The van der Waals surface area contributed by atoms with Gasteiger partial charge in [0, 0.05) is 19.1 Å². The van der Waals surface area contributed by atoms with E-state index in [0.717, 1.165) is 5.56 Å². The third kappa shape index (κ3) is 3.11. The fraction of sp³-hybridized carbons (Fsp3) is 0.286. The lowest BCUT2D eigenvalue weighted by Gasteiger charge is -2.09. The predicted octanol–water partition coefficient (Wildman–Crippen LogP) is 2.02. The van der Waals surface area contributed by atoms with E-state index in [2.05, 4.69) is 5.10 Å². The number of aromatic nitrogens is 2. The zero-order valence-electron chi connectivity index (χ0n) is 12.1. The lowest BCUT2D eigenvalue weighted by Crippen LogP contribution is -2.14. The molecule has 1 heterocycles. The summed E-state index contributed by atoms with van der Waals surface area (Å²) in [6, 6.07) is 7.36. The molecule has 112 valence electrons. The highest BCUT2D eigenvalue weighted by molar-refractivity contribution is 6.30. The van der Waals surface area contributed by atoms with Crippen LogP contribution in [0.15, 0.2) is 24.3 Å². The summed E-state index contributed by atoms with van der Waals surface area (Å²) in [5.74, 6) is 0.257. The normalized spacial score (nSPS) is 10.5. The predicted molar refractivity (Wildman–Crippen MR) is 82.9 cm³/mol. The SMILES string of the molecule is COC(=O)c1c(N(C)C)nn(Cc2ccc(Cl)cc2)c1N. The second-order valence-electron chi connectivity index (χ2n) is 4.75. The van der Waals surface area contributed by atoms with E-state index < -0.39 is 5.97 Å². The monoisotopic (exact) mass is 308 g/mol. The largest absolute Gasteiger partial charge is 0.465 e. The van der Waals surface area contributed by atoms with Crippen LogP contribution in [0.5, 0.6) is 0 Å². The molecule has 7 heteroatoms. The Bertz CT molecular complexity index is 650. The molecule has 2 rings (SSSR count). The zero-order chi connectivity index (χ0) is 15.6. The summed E-state index contributed by atoms with van der Waals surface area (Å²) in [5, 5.41) is 5.04. The van der Waals surface area contributed by atoms with Crippen molar-refractivity contribution in [3.05, 3.63) is 40.4 Å². The van der Waals surface area contributed by atoms with Crippen molar-refractivity contribution in [3.63, 3.8) is 0 Å². The summed E-state index contributed by atoms with van der Waals surface area (Å²) >= 11 is 5.86. The minimum atomic E-state index is -0.501. The van der Waals surface area contributed by atoms with Crippen molar-refractivity contribution in [1.82, 2.24) is 9.78 Å². The van der Waals surface area contributed by atoms with Crippen LogP contribution in [0.25, 0.3) is 0 Å². The number of halogens is 1. The van der Waals surface area contributed by atoms with Crippen molar-refractivity contribution in [3.8, 4) is 0 Å². The molecule has 0 saturated heterocycles. The summed E-state index contributed by atoms with van der Waals surface area (Å²) < 4.78 is 6.35. The molecule has 0 aliphatic heterocycles. The molecule has 2 aromatic rings. The third-order valence-electron chi connectivity index (χ3n) is 3.03. The molecule has 0 spiro atoms. The number of nitrogen functional groups attached to an aromatic ring is 1. The maximum Gasteiger partial charge on any atom is 0.345 e. The molecule has 0 radical (unpaired) electrons. The standard InChI is InChI=1S/C14H17ClN4O2/c1-18(2)13-11(14(20)21-3)12(16)19(17-13)8-9-4-6-10(15)7-5-9/h4-7H,8,16H2,1-3H3. The maximum absolute atomic E-state index is 11.9. The number of ether oxygens (including phenoxy) is 1. The summed E-state index contributed by atoms with van der Waals surface area (Å²) in [6.45, 7) is 0.445. The minimum absolute atomic E-state index is 0.275. The second kappa shape index (κ2) is 6.05. The van der Waals surface area contributed by atoms with Gasteiger partial charge in [-0.3, -0.25) is 0 Å². The molecule has 2 N–H and O–H groups in total. The van der Waals surface area contributed by atoms with Gasteiger partial charge in [-0.05, 0) is 17.7 Å². The summed E-state index contributed by atoms with van der Waals surface area (Å²) in [7, 11) is 4.90. The number of benzene rings is 1. The van der Waals surface area contributed by atoms with Gasteiger partial charge in [-0.2, -0.15) is 5.10 Å². The number of methoxy groups -OCH3 is 1. The topological polar surface area (TPSA) is 73.4 Å². The lowest BCUT2D eigenvalue weighted by atomic mass is 10.2. The van der Waals surface area contributed by atoms with E-state index in [1.54, 1.807) is 35.8 Å². The molecule has 0 bridgehead atoms. The van der Waals surface area contributed by atoms with Gasteiger partial charge in [-0.25, -0.2) is 9.48 Å². The van der Waals surface area contributed by atoms with Gasteiger partial charge in [0.25, 0.3) is 0 Å². The lowest BCUT2D eigenvalue weighted by molar-refractivity contribution is 0.0602. The maximum atomic E-state index is 11.9. The molecule has 0 aliphatic carbocycles. The molecule has 0 saturated carbocycles. The highest BCUT2D eigenvalue weighted by Crippen LogP contribution is 2.25. The Morgan fingerprint density at radius 1 is 1.38 bits per heavy atom. The number of hydrogen-bond acceptors (Lipinski definition) is 5. The van der Waals surface area contributed by atoms with E-state index in [9.17, 15) is 4.79 Å². The molecular weight excluding hydrogens is 292 g/mol. The number of hydrogen-bond donors (Lipinski definition) is 1. The molecule has 0 amide bonds. The fourth-order valence-electron chi connectivity index (χ4n) is 1.96. The van der Waals surface area contributed by atoms with Gasteiger partial charge in [-0.15, -0.1) is 0 Å².